The molecule has 0 atom stereocenters. The van der Waals surface area contributed by atoms with E-state index in [9.17, 15) is 0 Å². The zero-order valence-corrected chi connectivity index (χ0v) is 6.85. The largest absolute Gasteiger partial charge is 0.361 e. The lowest BCUT2D eigenvalue weighted by molar-refractivity contribution is 0.393. The topological polar surface area (TPSA) is 52.0 Å². The minimum absolute atomic E-state index is 0.447. The first-order valence-corrected chi connectivity index (χ1v) is 3.48. The van der Waals surface area contributed by atoms with E-state index < -0.39 is 0 Å². The van der Waals surface area contributed by atoms with Gasteiger partial charge in [-0.05, 0) is 19.4 Å². The molecule has 0 unspecified atom stereocenters. The zero-order valence-electron chi connectivity index (χ0n) is 6.85. The van der Waals surface area contributed by atoms with Gasteiger partial charge in [-0.3, -0.25) is 0 Å². The SMILES string of the molecule is C=C(CN)c1c(C)noc1C. The minimum Gasteiger partial charge on any atom is -0.361 e. The van der Waals surface area contributed by atoms with Crippen LogP contribution in [0.3, 0.4) is 0 Å². The van der Waals surface area contributed by atoms with Crippen molar-refractivity contribution in [2.75, 3.05) is 6.54 Å². The van der Waals surface area contributed by atoms with Crippen molar-refractivity contribution in [3.63, 3.8) is 0 Å². The van der Waals surface area contributed by atoms with Crippen LogP contribution in [0.4, 0.5) is 0 Å². The van der Waals surface area contributed by atoms with E-state index in [1.165, 1.54) is 0 Å². The van der Waals surface area contributed by atoms with Crippen LogP contribution in [0.5, 0.6) is 0 Å². The number of hydrogen-bond donors (Lipinski definition) is 1. The van der Waals surface area contributed by atoms with Gasteiger partial charge in [0.25, 0.3) is 0 Å². The van der Waals surface area contributed by atoms with Gasteiger partial charge in [0.05, 0.1) is 5.69 Å². The monoisotopic (exact) mass is 152 g/mol. The maximum atomic E-state index is 5.43. The molecule has 0 spiro atoms. The van der Waals surface area contributed by atoms with Gasteiger partial charge < -0.3 is 10.3 Å². The molecule has 0 aliphatic rings. The highest BCUT2D eigenvalue weighted by Crippen LogP contribution is 2.19. The molecule has 0 saturated carbocycles. The number of hydrogen-bond acceptors (Lipinski definition) is 3. The Morgan fingerprint density at radius 1 is 1.64 bits per heavy atom. The lowest BCUT2D eigenvalue weighted by Crippen LogP contribution is -2.02. The lowest BCUT2D eigenvalue weighted by Gasteiger charge is -1.98. The Balaban J connectivity index is 3.10. The molecule has 0 saturated heterocycles. The second kappa shape index (κ2) is 2.88. The Labute approximate surface area is 65.9 Å². The number of nitrogens with two attached hydrogens (primary N) is 1. The van der Waals surface area contributed by atoms with Crippen LogP contribution in [-0.4, -0.2) is 11.7 Å². The average molecular weight is 152 g/mol. The highest BCUT2D eigenvalue weighted by molar-refractivity contribution is 5.67. The van der Waals surface area contributed by atoms with Gasteiger partial charge in [-0.1, -0.05) is 11.7 Å². The molecule has 1 heterocycles. The maximum absolute atomic E-state index is 5.43. The summed E-state index contributed by atoms with van der Waals surface area (Å²) in [4.78, 5) is 0. The van der Waals surface area contributed by atoms with E-state index in [2.05, 4.69) is 11.7 Å². The highest BCUT2D eigenvalue weighted by atomic mass is 16.5. The molecule has 0 bridgehead atoms. The van der Waals surface area contributed by atoms with E-state index in [1.54, 1.807) is 0 Å². The van der Waals surface area contributed by atoms with Crippen LogP contribution in [0.1, 0.15) is 17.0 Å². The van der Waals surface area contributed by atoms with Gasteiger partial charge in [0, 0.05) is 12.1 Å². The van der Waals surface area contributed by atoms with E-state index >= 15 is 0 Å². The zero-order chi connectivity index (χ0) is 8.43. The first-order chi connectivity index (χ1) is 5.16. The molecule has 0 amide bonds. The molecule has 0 aliphatic heterocycles. The fraction of sp³-hybridized carbons (Fsp3) is 0.375. The highest BCUT2D eigenvalue weighted by Gasteiger charge is 2.10. The van der Waals surface area contributed by atoms with Crippen molar-refractivity contribution in [1.82, 2.24) is 5.16 Å². The fourth-order valence-electron chi connectivity index (χ4n) is 1.09. The Kier molecular flexibility index (Phi) is 2.10. The van der Waals surface area contributed by atoms with E-state index in [-0.39, 0.29) is 0 Å². The molecule has 1 aromatic rings. The minimum atomic E-state index is 0.447. The number of rotatable bonds is 2. The van der Waals surface area contributed by atoms with Gasteiger partial charge >= 0.3 is 0 Å². The molecule has 1 rings (SSSR count). The predicted octanol–water partition coefficient (Wildman–Crippen LogP) is 1.26. The first kappa shape index (κ1) is 8.01. The van der Waals surface area contributed by atoms with Crippen LogP contribution in [0.15, 0.2) is 11.1 Å². The Morgan fingerprint density at radius 3 is 2.64 bits per heavy atom. The van der Waals surface area contributed by atoms with Gasteiger partial charge in [0.2, 0.25) is 0 Å². The Morgan fingerprint density at radius 2 is 2.27 bits per heavy atom. The van der Waals surface area contributed by atoms with Gasteiger partial charge in [-0.25, -0.2) is 0 Å². The number of nitrogens with zero attached hydrogens (tertiary/aromatic N) is 1. The molecule has 2 N–H and O–H groups in total. The lowest BCUT2D eigenvalue weighted by atomic mass is 10.1. The summed E-state index contributed by atoms with van der Waals surface area (Å²) in [6.07, 6.45) is 0. The summed E-state index contributed by atoms with van der Waals surface area (Å²) < 4.78 is 4.95. The van der Waals surface area contributed by atoms with Crippen molar-refractivity contribution < 1.29 is 4.52 Å². The summed E-state index contributed by atoms with van der Waals surface area (Å²) in [6.45, 7) is 8.00. The Hall–Kier alpha value is -1.09. The van der Waals surface area contributed by atoms with Crippen LogP contribution in [0.2, 0.25) is 0 Å². The van der Waals surface area contributed by atoms with Crippen molar-refractivity contribution in [1.29, 1.82) is 0 Å². The molecule has 1 aromatic heterocycles. The molecule has 0 aliphatic carbocycles. The van der Waals surface area contributed by atoms with Crippen molar-refractivity contribution in [2.45, 2.75) is 13.8 Å². The molecular weight excluding hydrogens is 140 g/mol. The van der Waals surface area contributed by atoms with Gasteiger partial charge in [0.1, 0.15) is 5.76 Å². The normalized spacial score (nSPS) is 10.1. The van der Waals surface area contributed by atoms with Crippen molar-refractivity contribution in [3.05, 3.63) is 23.6 Å². The van der Waals surface area contributed by atoms with E-state index in [4.69, 9.17) is 10.3 Å². The van der Waals surface area contributed by atoms with Crippen LogP contribution < -0.4 is 5.73 Å². The standard InChI is InChI=1S/C8H12N2O/c1-5(4-9)8-6(2)10-11-7(8)3/h1,4,9H2,2-3H3. The molecule has 0 aromatic carbocycles. The summed E-state index contributed by atoms with van der Waals surface area (Å²) in [5.74, 6) is 0.790. The van der Waals surface area contributed by atoms with Gasteiger partial charge in [-0.15, -0.1) is 0 Å². The summed E-state index contributed by atoms with van der Waals surface area (Å²) in [5.41, 5.74) is 8.13. The van der Waals surface area contributed by atoms with Crippen LogP contribution >= 0.6 is 0 Å². The third-order valence-electron chi connectivity index (χ3n) is 1.63. The van der Waals surface area contributed by atoms with Crippen molar-refractivity contribution in [2.24, 2.45) is 5.73 Å². The fourth-order valence-corrected chi connectivity index (χ4v) is 1.09. The molecule has 11 heavy (non-hydrogen) atoms. The second-order valence-corrected chi connectivity index (χ2v) is 2.51. The maximum Gasteiger partial charge on any atom is 0.141 e. The van der Waals surface area contributed by atoms with E-state index in [1.807, 2.05) is 13.8 Å². The number of aryl methyl sites for hydroxylation is 2. The molecule has 60 valence electrons. The van der Waals surface area contributed by atoms with Crippen LogP contribution in [0.25, 0.3) is 5.57 Å². The molecule has 3 nitrogen and oxygen atoms in total. The van der Waals surface area contributed by atoms with Crippen LogP contribution in [-0.2, 0) is 0 Å². The second-order valence-electron chi connectivity index (χ2n) is 2.51. The molecule has 0 fully saturated rings. The number of aromatic nitrogens is 1. The average Bonchev–Trinajstić information content (AvgIpc) is 2.30. The van der Waals surface area contributed by atoms with Crippen LogP contribution in [0, 0.1) is 13.8 Å². The molecular formula is C8H12N2O. The smallest absolute Gasteiger partial charge is 0.141 e. The quantitative estimate of drug-likeness (QED) is 0.694. The predicted molar refractivity (Wildman–Crippen MR) is 44.1 cm³/mol. The van der Waals surface area contributed by atoms with E-state index in [0.717, 1.165) is 22.6 Å². The molecule has 0 radical (unpaired) electrons. The van der Waals surface area contributed by atoms with Crippen molar-refractivity contribution >= 4 is 5.57 Å². The Bertz CT molecular complexity index is 256. The van der Waals surface area contributed by atoms with Gasteiger partial charge in [-0.2, -0.15) is 0 Å². The third-order valence-corrected chi connectivity index (χ3v) is 1.63. The van der Waals surface area contributed by atoms with Crippen molar-refractivity contribution in [3.8, 4) is 0 Å². The summed E-state index contributed by atoms with van der Waals surface area (Å²) in [7, 11) is 0. The summed E-state index contributed by atoms with van der Waals surface area (Å²) in [5, 5.41) is 3.79. The van der Waals surface area contributed by atoms with Gasteiger partial charge in [0.15, 0.2) is 0 Å². The molecule has 3 heteroatoms. The first-order valence-electron chi connectivity index (χ1n) is 3.48. The van der Waals surface area contributed by atoms with E-state index in [0.29, 0.717) is 6.54 Å². The summed E-state index contributed by atoms with van der Waals surface area (Å²) >= 11 is 0. The summed E-state index contributed by atoms with van der Waals surface area (Å²) in [6, 6.07) is 0. The third kappa shape index (κ3) is 1.33.